The van der Waals surface area contributed by atoms with Crippen LogP contribution in [0.5, 0.6) is 0 Å². The molecule has 0 radical (unpaired) electrons. The summed E-state index contributed by atoms with van der Waals surface area (Å²) in [5.41, 5.74) is 0.431. The monoisotopic (exact) mass is 155 g/mol. The fraction of sp³-hybridized carbons (Fsp3) is 0.286. The molecule has 0 saturated heterocycles. The van der Waals surface area contributed by atoms with Crippen LogP contribution in [0.1, 0.15) is 13.8 Å². The van der Waals surface area contributed by atoms with Gasteiger partial charge in [-0.2, -0.15) is 0 Å². The normalized spacial score (nSPS) is 10.9. The molecule has 4 nitrogen and oxygen atoms in total. The van der Waals surface area contributed by atoms with Crippen molar-refractivity contribution >= 4 is 17.4 Å². The lowest BCUT2D eigenvalue weighted by Gasteiger charge is -1.94. The lowest BCUT2D eigenvalue weighted by atomic mass is 10.1. The Morgan fingerprint density at radius 2 is 2.00 bits per heavy atom. The van der Waals surface area contributed by atoms with Crippen LogP contribution in [0.25, 0.3) is 0 Å². The minimum atomic E-state index is -1.24. The molecule has 0 heterocycles. The van der Waals surface area contributed by atoms with Crippen LogP contribution < -0.4 is 5.41 Å². The van der Waals surface area contributed by atoms with Gasteiger partial charge in [-0.1, -0.05) is 0 Å². The zero-order valence-corrected chi connectivity index (χ0v) is 6.51. The highest BCUT2D eigenvalue weighted by Crippen LogP contribution is 1.94. The molecule has 0 aromatic carbocycles. The molecule has 0 bridgehead atoms. The molecule has 0 spiro atoms. The van der Waals surface area contributed by atoms with Crippen molar-refractivity contribution < 1.29 is 15.3 Å². The zero-order valence-electron chi connectivity index (χ0n) is 6.51. The van der Waals surface area contributed by atoms with Crippen LogP contribution in [0.4, 0.5) is 0 Å². The summed E-state index contributed by atoms with van der Waals surface area (Å²) in [5.74, 6) is -1.24. The van der Waals surface area contributed by atoms with Crippen molar-refractivity contribution in [2.75, 3.05) is 0 Å². The Labute approximate surface area is 64.6 Å². The molecule has 0 atom stereocenters. The van der Waals surface area contributed by atoms with Gasteiger partial charge in [-0.15, -0.1) is 0 Å². The molecular formula is C7H11N2O2+. The molecule has 0 aliphatic heterocycles. The summed E-state index contributed by atoms with van der Waals surface area (Å²) in [7, 11) is 0. The average molecular weight is 155 g/mol. The van der Waals surface area contributed by atoms with E-state index in [0.29, 0.717) is 11.3 Å². The van der Waals surface area contributed by atoms with Crippen molar-refractivity contribution in [1.82, 2.24) is 0 Å². The van der Waals surface area contributed by atoms with Gasteiger partial charge in [0.2, 0.25) is 0 Å². The first-order chi connectivity index (χ1) is 4.95. The molecule has 0 aliphatic rings. The number of hydrogen-bond donors (Lipinski definition) is 3. The largest absolute Gasteiger partial charge is 0.477 e. The number of aliphatic carboxylic acids is 1. The molecule has 0 aromatic rings. The third kappa shape index (κ3) is 3.30. The summed E-state index contributed by atoms with van der Waals surface area (Å²) in [6.45, 7) is 3.17. The van der Waals surface area contributed by atoms with Crippen molar-refractivity contribution in [2.24, 2.45) is 0 Å². The number of nitrogens with one attached hydrogen (secondary N) is 1. The molecular weight excluding hydrogens is 144 g/mol. The quantitative estimate of drug-likeness (QED) is 0.468. The maximum Gasteiger partial charge on any atom is 0.354 e. The van der Waals surface area contributed by atoms with E-state index >= 15 is 0 Å². The van der Waals surface area contributed by atoms with Gasteiger partial charge in [0, 0.05) is 13.0 Å². The summed E-state index contributed by atoms with van der Waals surface area (Å²) >= 11 is 0. The van der Waals surface area contributed by atoms with Crippen LogP contribution >= 0.6 is 0 Å². The van der Waals surface area contributed by atoms with Crippen LogP contribution in [-0.4, -0.2) is 22.5 Å². The second kappa shape index (κ2) is 3.65. The lowest BCUT2D eigenvalue weighted by Crippen LogP contribution is -2.36. The van der Waals surface area contributed by atoms with E-state index in [1.54, 1.807) is 6.92 Å². The maximum atomic E-state index is 10.2. The third-order valence-corrected chi connectivity index (χ3v) is 1.05. The number of rotatable bonds is 3. The lowest BCUT2D eigenvalue weighted by molar-refractivity contribution is -0.129. The number of hydrogen-bond acceptors (Lipinski definition) is 2. The van der Waals surface area contributed by atoms with E-state index in [-0.39, 0.29) is 0 Å². The van der Waals surface area contributed by atoms with E-state index < -0.39 is 11.7 Å². The first-order valence-corrected chi connectivity index (χ1v) is 3.04. The topological polar surface area (TPSA) is 86.7 Å². The van der Waals surface area contributed by atoms with E-state index in [2.05, 4.69) is 0 Å². The highest BCUT2D eigenvalue weighted by atomic mass is 16.4. The zero-order chi connectivity index (χ0) is 9.02. The standard InChI is InChI=1S/C7H10N2O2/c1-4(3-5(2)8)6(9)7(10)11/h3,8-9H,1-2H3,(H,10,11)/p+1/b4-3-,8-5?,9-6?. The molecule has 0 aromatic heterocycles. The summed E-state index contributed by atoms with van der Waals surface area (Å²) in [6, 6.07) is 0. The molecule has 0 amide bonds. The molecule has 60 valence electrons. The van der Waals surface area contributed by atoms with Crippen molar-refractivity contribution in [3.8, 4) is 0 Å². The highest BCUT2D eigenvalue weighted by Gasteiger charge is 2.08. The predicted molar refractivity (Wildman–Crippen MR) is 41.7 cm³/mol. The number of nitrogens with two attached hydrogens (primary N) is 1. The maximum absolute atomic E-state index is 10.2. The first-order valence-electron chi connectivity index (χ1n) is 3.04. The number of carboxylic acids is 1. The fourth-order valence-corrected chi connectivity index (χ4v) is 0.582. The van der Waals surface area contributed by atoms with E-state index in [9.17, 15) is 4.79 Å². The van der Waals surface area contributed by atoms with Crippen molar-refractivity contribution in [3.63, 3.8) is 0 Å². The number of carbonyl (C=O) groups is 1. The van der Waals surface area contributed by atoms with Gasteiger partial charge in [0.1, 0.15) is 5.71 Å². The summed E-state index contributed by atoms with van der Waals surface area (Å²) in [5, 5.41) is 20.6. The Hall–Kier alpha value is -1.45. The van der Waals surface area contributed by atoms with Gasteiger partial charge < -0.3 is 5.11 Å². The molecule has 0 saturated carbocycles. The second-order valence-corrected chi connectivity index (χ2v) is 2.25. The molecule has 4 N–H and O–H groups in total. The Morgan fingerprint density at radius 1 is 1.55 bits per heavy atom. The summed E-state index contributed by atoms with van der Waals surface area (Å²) in [6.07, 6.45) is 1.45. The molecule has 0 unspecified atom stereocenters. The number of carboxylic acid groups (broad SMARTS) is 1. The Kier molecular flexibility index (Phi) is 3.17. The van der Waals surface area contributed by atoms with E-state index in [0.717, 1.165) is 0 Å². The SMILES string of the molecule is CC(=[NH2+])/C=C(/C)C(=N)C(=O)O. The highest BCUT2D eigenvalue weighted by molar-refractivity contribution is 6.41. The van der Waals surface area contributed by atoms with E-state index in [4.69, 9.17) is 15.9 Å². The molecule has 11 heavy (non-hydrogen) atoms. The second-order valence-electron chi connectivity index (χ2n) is 2.25. The predicted octanol–water partition coefficient (Wildman–Crippen LogP) is -0.743. The minimum absolute atomic E-state index is 0.359. The van der Waals surface area contributed by atoms with Gasteiger partial charge in [0.25, 0.3) is 0 Å². The van der Waals surface area contributed by atoms with E-state index in [1.165, 1.54) is 13.0 Å². The molecule has 4 heteroatoms. The van der Waals surface area contributed by atoms with Crippen molar-refractivity contribution in [2.45, 2.75) is 13.8 Å². The van der Waals surface area contributed by atoms with Gasteiger partial charge in [0.15, 0.2) is 5.71 Å². The molecule has 0 rings (SSSR count). The van der Waals surface area contributed by atoms with Crippen LogP contribution in [-0.2, 0) is 4.79 Å². The van der Waals surface area contributed by atoms with Gasteiger partial charge in [-0.3, -0.25) is 10.8 Å². The third-order valence-electron chi connectivity index (χ3n) is 1.05. The molecule has 0 fully saturated rings. The Morgan fingerprint density at radius 3 is 2.27 bits per heavy atom. The van der Waals surface area contributed by atoms with Crippen molar-refractivity contribution in [1.29, 1.82) is 5.41 Å². The first kappa shape index (κ1) is 9.55. The van der Waals surface area contributed by atoms with Gasteiger partial charge in [0.05, 0.1) is 0 Å². The van der Waals surface area contributed by atoms with Crippen LogP contribution in [0, 0.1) is 5.41 Å². The van der Waals surface area contributed by atoms with Gasteiger partial charge in [-0.05, 0) is 12.5 Å². The van der Waals surface area contributed by atoms with Gasteiger partial charge >= 0.3 is 5.97 Å². The van der Waals surface area contributed by atoms with Gasteiger partial charge in [-0.25, -0.2) is 4.79 Å². The Bertz CT molecular complexity index is 241. The molecule has 0 aliphatic carbocycles. The minimum Gasteiger partial charge on any atom is -0.477 e. The Balaban J connectivity index is 4.49. The summed E-state index contributed by atoms with van der Waals surface area (Å²) in [4.78, 5) is 10.2. The average Bonchev–Trinajstić information content (AvgIpc) is 1.84. The van der Waals surface area contributed by atoms with Crippen LogP contribution in [0.15, 0.2) is 11.6 Å². The van der Waals surface area contributed by atoms with Crippen LogP contribution in [0.3, 0.4) is 0 Å². The fourth-order valence-electron chi connectivity index (χ4n) is 0.582. The summed E-state index contributed by atoms with van der Waals surface area (Å²) < 4.78 is 0. The van der Waals surface area contributed by atoms with Crippen LogP contribution in [0.2, 0.25) is 0 Å². The van der Waals surface area contributed by atoms with Crippen molar-refractivity contribution in [3.05, 3.63) is 11.6 Å². The van der Waals surface area contributed by atoms with E-state index in [1.807, 2.05) is 0 Å². The smallest absolute Gasteiger partial charge is 0.354 e. The number of allylic oxidation sites excluding steroid dienone is 1.